The summed E-state index contributed by atoms with van der Waals surface area (Å²) in [4.78, 5) is 23.4. The molecule has 1 unspecified atom stereocenters. The predicted molar refractivity (Wildman–Crippen MR) is 61.5 cm³/mol. The molecule has 0 saturated heterocycles. The number of quaternary nitrogens is 1. The van der Waals surface area contributed by atoms with Crippen LogP contribution in [-0.2, 0) is 0 Å². The number of rotatable bonds is 1. The van der Waals surface area contributed by atoms with Gasteiger partial charge in [0.1, 0.15) is 0 Å². The standard InChI is InChI=1S/C12H8N2O4/c15-11-7-3-1-2-6-9(14(17)18)5-4-8(10(6)7)12(16)13-11/h1-5,14,17H,(H,13,15,16). The molecule has 1 aliphatic rings. The minimum absolute atomic E-state index is 0.0816. The third-order valence-corrected chi connectivity index (χ3v) is 2.99. The molecule has 0 saturated carbocycles. The van der Waals surface area contributed by atoms with Crippen LogP contribution >= 0.6 is 0 Å². The summed E-state index contributed by atoms with van der Waals surface area (Å²) in [6.07, 6.45) is 0. The van der Waals surface area contributed by atoms with E-state index < -0.39 is 17.0 Å². The van der Waals surface area contributed by atoms with E-state index in [1.807, 2.05) is 0 Å². The van der Waals surface area contributed by atoms with Crippen LogP contribution in [0.4, 0.5) is 5.69 Å². The van der Waals surface area contributed by atoms with Crippen LogP contribution in [0, 0.1) is 5.21 Å². The molecule has 18 heavy (non-hydrogen) atoms. The highest BCUT2D eigenvalue weighted by molar-refractivity contribution is 6.26. The van der Waals surface area contributed by atoms with Gasteiger partial charge in [0.25, 0.3) is 11.8 Å². The molecule has 2 aromatic carbocycles. The molecule has 2 aromatic rings. The Morgan fingerprint density at radius 3 is 2.39 bits per heavy atom. The van der Waals surface area contributed by atoms with E-state index in [2.05, 4.69) is 5.32 Å². The first-order chi connectivity index (χ1) is 8.59. The molecule has 3 N–H and O–H groups in total. The second-order valence-electron chi connectivity index (χ2n) is 3.98. The van der Waals surface area contributed by atoms with Gasteiger partial charge < -0.3 is 5.21 Å². The summed E-state index contributed by atoms with van der Waals surface area (Å²) in [5.74, 6) is -0.999. The number of carbonyl (C=O) groups is 2. The van der Waals surface area contributed by atoms with Gasteiger partial charge in [0.15, 0.2) is 5.69 Å². The average molecular weight is 244 g/mol. The van der Waals surface area contributed by atoms with Gasteiger partial charge in [-0.1, -0.05) is 6.07 Å². The Kier molecular flexibility index (Phi) is 2.17. The molecule has 0 fully saturated rings. The highest BCUT2D eigenvalue weighted by atomic mass is 16.8. The van der Waals surface area contributed by atoms with Crippen molar-refractivity contribution in [2.75, 3.05) is 0 Å². The van der Waals surface area contributed by atoms with Crippen molar-refractivity contribution < 1.29 is 20.0 Å². The Balaban J connectivity index is 2.49. The minimum atomic E-state index is -1.09. The first kappa shape index (κ1) is 10.8. The number of amides is 2. The fourth-order valence-corrected chi connectivity index (χ4v) is 2.21. The van der Waals surface area contributed by atoms with Crippen LogP contribution in [0.2, 0.25) is 0 Å². The van der Waals surface area contributed by atoms with Crippen LogP contribution in [0.5, 0.6) is 0 Å². The molecule has 90 valence electrons. The first-order valence-electron chi connectivity index (χ1n) is 5.24. The van der Waals surface area contributed by atoms with Crippen molar-refractivity contribution in [1.29, 1.82) is 0 Å². The molecule has 0 aliphatic carbocycles. The Labute approximate surface area is 101 Å². The summed E-state index contributed by atoms with van der Waals surface area (Å²) in [5, 5.41) is 22.2. The van der Waals surface area contributed by atoms with Gasteiger partial charge in [0.2, 0.25) is 0 Å². The van der Waals surface area contributed by atoms with Gasteiger partial charge in [0, 0.05) is 28.0 Å². The number of benzene rings is 2. The van der Waals surface area contributed by atoms with Gasteiger partial charge in [0.05, 0.1) is 0 Å². The molecule has 3 rings (SSSR count). The summed E-state index contributed by atoms with van der Waals surface area (Å²) in [5.41, 5.74) is 0.730. The van der Waals surface area contributed by atoms with Crippen LogP contribution in [0.3, 0.4) is 0 Å². The number of nitrogens with one attached hydrogen (secondary N) is 2. The van der Waals surface area contributed by atoms with Gasteiger partial charge >= 0.3 is 0 Å². The monoisotopic (exact) mass is 244 g/mol. The van der Waals surface area contributed by atoms with Crippen molar-refractivity contribution in [3.05, 3.63) is 46.7 Å². The Morgan fingerprint density at radius 2 is 1.72 bits per heavy atom. The lowest BCUT2D eigenvalue weighted by Gasteiger charge is -2.19. The summed E-state index contributed by atoms with van der Waals surface area (Å²) >= 11 is 0. The Morgan fingerprint density at radius 1 is 1.06 bits per heavy atom. The van der Waals surface area contributed by atoms with Gasteiger partial charge in [-0.2, -0.15) is 5.23 Å². The third kappa shape index (κ3) is 1.34. The molecule has 6 heteroatoms. The van der Waals surface area contributed by atoms with E-state index in [-0.39, 0.29) is 5.69 Å². The van der Waals surface area contributed by atoms with Gasteiger partial charge in [-0.3, -0.25) is 14.9 Å². The maximum Gasteiger partial charge on any atom is 0.258 e. The van der Waals surface area contributed by atoms with E-state index in [1.54, 1.807) is 18.2 Å². The lowest BCUT2D eigenvalue weighted by Crippen LogP contribution is -2.99. The predicted octanol–water partition coefficient (Wildman–Crippen LogP) is 0.127. The molecule has 6 nitrogen and oxygen atoms in total. The van der Waals surface area contributed by atoms with Crippen LogP contribution in [-0.4, -0.2) is 17.0 Å². The Bertz CT molecular complexity index is 674. The minimum Gasteiger partial charge on any atom is -0.595 e. The normalized spacial score (nSPS) is 15.7. The number of carbonyl (C=O) groups excluding carboxylic acids is 2. The van der Waals surface area contributed by atoms with Crippen molar-refractivity contribution in [3.63, 3.8) is 0 Å². The molecular formula is C12H8N2O4. The van der Waals surface area contributed by atoms with Gasteiger partial charge in [-0.25, -0.2) is 5.21 Å². The summed E-state index contributed by atoms with van der Waals surface area (Å²) in [7, 11) is 0. The molecular weight excluding hydrogens is 236 g/mol. The summed E-state index contributed by atoms with van der Waals surface area (Å²) in [6, 6.07) is 7.57. The lowest BCUT2D eigenvalue weighted by atomic mass is 9.94. The molecule has 0 aromatic heterocycles. The van der Waals surface area contributed by atoms with E-state index in [9.17, 15) is 14.8 Å². The highest BCUT2D eigenvalue weighted by Crippen LogP contribution is 2.30. The van der Waals surface area contributed by atoms with Crippen molar-refractivity contribution >= 4 is 28.3 Å². The maximum atomic E-state index is 11.7. The fraction of sp³-hybridized carbons (Fsp3) is 0. The molecule has 0 bridgehead atoms. The van der Waals surface area contributed by atoms with Crippen LogP contribution in [0.1, 0.15) is 20.7 Å². The van der Waals surface area contributed by atoms with E-state index >= 15 is 0 Å². The van der Waals surface area contributed by atoms with Crippen molar-refractivity contribution in [2.45, 2.75) is 0 Å². The van der Waals surface area contributed by atoms with Crippen molar-refractivity contribution in [3.8, 4) is 0 Å². The second-order valence-corrected chi connectivity index (χ2v) is 3.98. The highest BCUT2D eigenvalue weighted by Gasteiger charge is 2.26. The lowest BCUT2D eigenvalue weighted by molar-refractivity contribution is -0.990. The zero-order valence-corrected chi connectivity index (χ0v) is 9.06. The number of imide groups is 1. The largest absolute Gasteiger partial charge is 0.595 e. The molecule has 1 heterocycles. The zero-order valence-electron chi connectivity index (χ0n) is 9.06. The van der Waals surface area contributed by atoms with Crippen molar-refractivity contribution in [2.24, 2.45) is 0 Å². The van der Waals surface area contributed by atoms with E-state index in [1.165, 1.54) is 12.1 Å². The fourth-order valence-electron chi connectivity index (χ4n) is 2.21. The maximum absolute atomic E-state index is 11.7. The van der Waals surface area contributed by atoms with E-state index in [0.717, 1.165) is 0 Å². The van der Waals surface area contributed by atoms with Crippen LogP contribution < -0.4 is 10.5 Å². The van der Waals surface area contributed by atoms with Crippen molar-refractivity contribution in [1.82, 2.24) is 5.32 Å². The second kappa shape index (κ2) is 3.61. The van der Waals surface area contributed by atoms with Crippen LogP contribution in [0.25, 0.3) is 10.8 Å². The van der Waals surface area contributed by atoms with Gasteiger partial charge in [-0.05, 0) is 18.2 Å². The number of hydrogen-bond donors (Lipinski definition) is 3. The quantitative estimate of drug-likeness (QED) is 0.491. The molecule has 0 spiro atoms. The molecule has 0 radical (unpaired) electrons. The average Bonchev–Trinajstić information content (AvgIpc) is 2.34. The SMILES string of the molecule is O=C1NC(=O)c2ccc([NH+]([O-])O)c3cccc1c23. The Hall–Kier alpha value is -2.28. The summed E-state index contributed by atoms with van der Waals surface area (Å²) in [6.45, 7) is 0. The molecule has 1 atom stereocenters. The number of hydrogen-bond acceptors (Lipinski definition) is 4. The summed E-state index contributed by atoms with van der Waals surface area (Å²) < 4.78 is 0. The third-order valence-electron chi connectivity index (χ3n) is 2.99. The van der Waals surface area contributed by atoms with E-state index in [0.29, 0.717) is 21.9 Å². The zero-order chi connectivity index (χ0) is 12.9. The molecule has 1 aliphatic heterocycles. The van der Waals surface area contributed by atoms with Crippen LogP contribution in [0.15, 0.2) is 30.3 Å². The van der Waals surface area contributed by atoms with Gasteiger partial charge in [-0.15, -0.1) is 0 Å². The first-order valence-corrected chi connectivity index (χ1v) is 5.24. The molecule has 2 amide bonds. The smallest absolute Gasteiger partial charge is 0.258 e. The topological polar surface area (TPSA) is 93.9 Å². The van der Waals surface area contributed by atoms with E-state index in [4.69, 9.17) is 5.21 Å².